The number of carbonyl (C=O) groups is 2. The van der Waals surface area contributed by atoms with Gasteiger partial charge in [-0.05, 0) is 19.1 Å². The number of aryl methyl sites for hydroxylation is 1. The highest BCUT2D eigenvalue weighted by Gasteiger charge is 2.35. The van der Waals surface area contributed by atoms with E-state index in [2.05, 4.69) is 15.2 Å². The lowest BCUT2D eigenvalue weighted by Gasteiger charge is -2.12. The van der Waals surface area contributed by atoms with Gasteiger partial charge in [-0.15, -0.1) is 10.2 Å². The fourth-order valence-corrected chi connectivity index (χ4v) is 2.67. The Morgan fingerprint density at radius 2 is 1.71 bits per heavy atom. The summed E-state index contributed by atoms with van der Waals surface area (Å²) < 4.78 is 0. The van der Waals surface area contributed by atoms with Crippen LogP contribution in [0.15, 0.2) is 34.2 Å². The third-order valence-electron chi connectivity index (χ3n) is 3.05. The Balaban J connectivity index is 1.78. The smallest absolute Gasteiger partial charge is 0.273 e. The van der Waals surface area contributed by atoms with Crippen LogP contribution in [0.4, 0.5) is 0 Å². The maximum atomic E-state index is 12.1. The van der Waals surface area contributed by atoms with E-state index in [0.717, 1.165) is 16.7 Å². The number of nitrogens with zero attached hydrogens (tertiary/aromatic N) is 3. The van der Waals surface area contributed by atoms with E-state index in [0.29, 0.717) is 11.1 Å². The van der Waals surface area contributed by atoms with Crippen LogP contribution in [-0.4, -0.2) is 37.8 Å². The van der Waals surface area contributed by atoms with Crippen LogP contribution in [0, 0.1) is 6.92 Å². The maximum Gasteiger partial charge on any atom is 0.273 e. The molecule has 106 valence electrons. The molecule has 0 saturated heterocycles. The van der Waals surface area contributed by atoms with Crippen LogP contribution in [0.1, 0.15) is 26.4 Å². The molecule has 21 heavy (non-hydrogen) atoms. The number of hydrogen-bond donors (Lipinski definition) is 1. The minimum Gasteiger partial charge on any atom is -0.298 e. The zero-order valence-corrected chi connectivity index (χ0v) is 11.8. The lowest BCUT2D eigenvalue weighted by molar-refractivity contribution is 0.0684. The number of nitrogens with one attached hydrogen (secondary N) is 1. The van der Waals surface area contributed by atoms with Crippen LogP contribution in [0.3, 0.4) is 0 Å². The number of amides is 2. The standard InChI is InChI=1S/C13H10N4O3S/c1-7-10(18)14-13(16-15-7)21-6-17-11(19)8-4-2-3-5-9(8)12(17)20/h2-5H,6H2,1H3,(H,14,16,18). The molecule has 0 fully saturated rings. The average Bonchev–Trinajstić information content (AvgIpc) is 2.73. The molecule has 0 aliphatic carbocycles. The molecule has 7 nitrogen and oxygen atoms in total. The Morgan fingerprint density at radius 3 is 2.29 bits per heavy atom. The molecule has 1 N–H and O–H groups in total. The monoisotopic (exact) mass is 302 g/mol. The highest BCUT2D eigenvalue weighted by atomic mass is 32.2. The predicted molar refractivity (Wildman–Crippen MR) is 75.1 cm³/mol. The lowest BCUT2D eigenvalue weighted by Crippen LogP contribution is -2.29. The number of H-pyrrole nitrogens is 1. The Labute approximate surface area is 123 Å². The molecule has 2 amide bonds. The van der Waals surface area contributed by atoms with Crippen molar-refractivity contribution in [1.82, 2.24) is 20.1 Å². The molecule has 0 atom stereocenters. The summed E-state index contributed by atoms with van der Waals surface area (Å²) >= 11 is 1.07. The number of hydrogen-bond acceptors (Lipinski definition) is 6. The van der Waals surface area contributed by atoms with Gasteiger partial charge < -0.3 is 0 Å². The van der Waals surface area contributed by atoms with Gasteiger partial charge >= 0.3 is 0 Å². The number of imide groups is 1. The Bertz CT molecular complexity index is 767. The molecule has 0 radical (unpaired) electrons. The van der Waals surface area contributed by atoms with Gasteiger partial charge in [-0.1, -0.05) is 23.9 Å². The molecular weight excluding hydrogens is 292 g/mol. The van der Waals surface area contributed by atoms with E-state index in [4.69, 9.17) is 0 Å². The third-order valence-corrected chi connectivity index (χ3v) is 3.89. The van der Waals surface area contributed by atoms with E-state index in [1.165, 1.54) is 0 Å². The van der Waals surface area contributed by atoms with Crippen molar-refractivity contribution in [3.63, 3.8) is 0 Å². The van der Waals surface area contributed by atoms with E-state index >= 15 is 0 Å². The average molecular weight is 302 g/mol. The number of aromatic nitrogens is 3. The molecule has 2 heterocycles. The minimum atomic E-state index is -0.342. The van der Waals surface area contributed by atoms with Gasteiger partial charge in [-0.3, -0.25) is 24.3 Å². The minimum absolute atomic E-state index is 0.0695. The molecule has 1 aromatic heterocycles. The maximum absolute atomic E-state index is 12.1. The van der Waals surface area contributed by atoms with Crippen LogP contribution in [-0.2, 0) is 0 Å². The molecule has 1 aliphatic rings. The first-order chi connectivity index (χ1) is 10.1. The van der Waals surface area contributed by atoms with Gasteiger partial charge in [0.2, 0.25) is 0 Å². The number of thioether (sulfide) groups is 1. The molecule has 2 aromatic rings. The van der Waals surface area contributed by atoms with E-state index in [-0.39, 0.29) is 34.1 Å². The Hall–Kier alpha value is -2.48. The Morgan fingerprint density at radius 1 is 1.10 bits per heavy atom. The molecule has 1 aromatic carbocycles. The number of carbonyl (C=O) groups excluding carboxylic acids is 2. The SMILES string of the molecule is Cc1nnc(SCN2C(=O)c3ccccc3C2=O)[nH]c1=O. The van der Waals surface area contributed by atoms with Gasteiger partial charge in [-0.2, -0.15) is 0 Å². The molecular formula is C13H10N4O3S. The van der Waals surface area contributed by atoms with Crippen molar-refractivity contribution in [2.75, 3.05) is 5.88 Å². The van der Waals surface area contributed by atoms with Crippen molar-refractivity contribution >= 4 is 23.6 Å². The molecule has 0 saturated carbocycles. The summed E-state index contributed by atoms with van der Waals surface area (Å²) in [7, 11) is 0. The van der Waals surface area contributed by atoms with E-state index in [1.807, 2.05) is 0 Å². The summed E-state index contributed by atoms with van der Waals surface area (Å²) in [6, 6.07) is 6.66. The van der Waals surface area contributed by atoms with Gasteiger partial charge in [0.25, 0.3) is 17.4 Å². The summed E-state index contributed by atoms with van der Waals surface area (Å²) in [6.45, 7) is 1.55. The zero-order chi connectivity index (χ0) is 15.0. The lowest BCUT2D eigenvalue weighted by atomic mass is 10.1. The van der Waals surface area contributed by atoms with Crippen molar-refractivity contribution in [1.29, 1.82) is 0 Å². The van der Waals surface area contributed by atoms with Gasteiger partial charge in [0.05, 0.1) is 17.0 Å². The highest BCUT2D eigenvalue weighted by Crippen LogP contribution is 2.25. The van der Waals surface area contributed by atoms with Gasteiger partial charge in [0.1, 0.15) is 5.69 Å². The fraction of sp³-hybridized carbons (Fsp3) is 0.154. The first-order valence-electron chi connectivity index (χ1n) is 6.09. The molecule has 0 spiro atoms. The molecule has 0 unspecified atom stereocenters. The van der Waals surface area contributed by atoms with Crippen molar-refractivity contribution in [2.45, 2.75) is 12.1 Å². The largest absolute Gasteiger partial charge is 0.298 e. The summed E-state index contributed by atoms with van der Waals surface area (Å²) in [5.74, 6) is -0.615. The predicted octanol–water partition coefficient (Wildman–Crippen LogP) is 0.819. The van der Waals surface area contributed by atoms with E-state index < -0.39 is 0 Å². The molecule has 3 rings (SSSR count). The normalized spacial score (nSPS) is 13.7. The van der Waals surface area contributed by atoms with Gasteiger partial charge in [0.15, 0.2) is 5.16 Å². The number of fused-ring (bicyclic) bond motifs is 1. The van der Waals surface area contributed by atoms with Crippen molar-refractivity contribution in [3.8, 4) is 0 Å². The second-order valence-corrected chi connectivity index (χ2v) is 5.34. The van der Waals surface area contributed by atoms with Crippen LogP contribution in [0.2, 0.25) is 0 Å². The van der Waals surface area contributed by atoms with Crippen LogP contribution >= 0.6 is 11.8 Å². The first-order valence-corrected chi connectivity index (χ1v) is 7.08. The van der Waals surface area contributed by atoms with Crippen LogP contribution < -0.4 is 5.56 Å². The van der Waals surface area contributed by atoms with E-state index in [9.17, 15) is 14.4 Å². The number of aromatic amines is 1. The summed E-state index contributed by atoms with van der Waals surface area (Å²) in [4.78, 5) is 39.3. The van der Waals surface area contributed by atoms with Crippen molar-refractivity contribution < 1.29 is 9.59 Å². The van der Waals surface area contributed by atoms with Crippen LogP contribution in [0.5, 0.6) is 0 Å². The third kappa shape index (κ3) is 2.33. The molecule has 8 heteroatoms. The summed E-state index contributed by atoms with van der Waals surface area (Å²) in [5, 5.41) is 7.77. The summed E-state index contributed by atoms with van der Waals surface area (Å²) in [6.07, 6.45) is 0. The highest BCUT2D eigenvalue weighted by molar-refractivity contribution is 7.99. The van der Waals surface area contributed by atoms with Crippen molar-refractivity contribution in [3.05, 3.63) is 51.4 Å². The van der Waals surface area contributed by atoms with Crippen LogP contribution in [0.25, 0.3) is 0 Å². The second kappa shape index (κ2) is 5.13. The van der Waals surface area contributed by atoms with E-state index in [1.54, 1.807) is 31.2 Å². The van der Waals surface area contributed by atoms with Crippen molar-refractivity contribution in [2.24, 2.45) is 0 Å². The molecule has 0 bridgehead atoms. The topological polar surface area (TPSA) is 96.0 Å². The van der Waals surface area contributed by atoms with Gasteiger partial charge in [-0.25, -0.2) is 0 Å². The second-order valence-electron chi connectivity index (χ2n) is 4.40. The number of rotatable bonds is 3. The first kappa shape index (κ1) is 13.5. The quantitative estimate of drug-likeness (QED) is 0.666. The van der Waals surface area contributed by atoms with Gasteiger partial charge in [0, 0.05) is 0 Å². The molecule has 1 aliphatic heterocycles. The Kier molecular flexibility index (Phi) is 3.30. The number of benzene rings is 1. The fourth-order valence-electron chi connectivity index (χ4n) is 1.93. The summed E-state index contributed by atoms with van der Waals surface area (Å²) in [5.41, 5.74) is 0.716. The zero-order valence-electron chi connectivity index (χ0n) is 11.0.